The van der Waals surface area contributed by atoms with Crippen LogP contribution in [0.3, 0.4) is 0 Å². The normalized spacial score (nSPS) is 14.5. The summed E-state index contributed by atoms with van der Waals surface area (Å²) < 4.78 is 0. The van der Waals surface area contributed by atoms with E-state index in [0.717, 1.165) is 6.42 Å². The molecule has 0 aliphatic carbocycles. The second-order valence-electron chi connectivity index (χ2n) is 2.66. The van der Waals surface area contributed by atoms with E-state index in [2.05, 4.69) is 31.0 Å². The van der Waals surface area contributed by atoms with Gasteiger partial charge in [0.15, 0.2) is 0 Å². The molecule has 0 saturated heterocycles. The summed E-state index contributed by atoms with van der Waals surface area (Å²) in [6.07, 6.45) is 7.20. The van der Waals surface area contributed by atoms with Crippen LogP contribution in [0.1, 0.15) is 27.2 Å². The van der Waals surface area contributed by atoms with Crippen LogP contribution in [0.4, 0.5) is 0 Å². The van der Waals surface area contributed by atoms with Crippen LogP contribution >= 0.6 is 0 Å². The lowest BCUT2D eigenvalue weighted by Gasteiger charge is -1.90. The van der Waals surface area contributed by atoms with Gasteiger partial charge in [0.1, 0.15) is 0 Å². The number of hydrogen-bond acceptors (Lipinski definition) is 1. The first-order valence-corrected chi connectivity index (χ1v) is 3.97. The molecule has 0 amide bonds. The lowest BCUT2D eigenvalue weighted by atomic mass is 10.2. The molecular weight excluding hydrogens is 134 g/mol. The van der Waals surface area contributed by atoms with Gasteiger partial charge in [0.05, 0.1) is 0 Å². The van der Waals surface area contributed by atoms with E-state index in [0.29, 0.717) is 0 Å². The second-order valence-corrected chi connectivity index (χ2v) is 2.66. The topological polar surface area (TPSA) is 12.4 Å². The zero-order valence-corrected chi connectivity index (χ0v) is 7.89. The van der Waals surface area contributed by atoms with Crippen LogP contribution in [-0.4, -0.2) is 13.3 Å². The highest BCUT2D eigenvalue weighted by atomic mass is 14.6. The minimum absolute atomic E-state index is 1.12. The zero-order chi connectivity index (χ0) is 8.69. The highest BCUT2D eigenvalue weighted by molar-refractivity contribution is 5.77. The Balaban J connectivity index is 4.10. The molecule has 0 aromatic heterocycles. The Hall–Kier alpha value is -0.850. The summed E-state index contributed by atoms with van der Waals surface area (Å²) in [7, 11) is 1.79. The average Bonchev–Trinajstić information content (AvgIpc) is 2.01. The Kier molecular flexibility index (Phi) is 5.44. The van der Waals surface area contributed by atoms with Crippen molar-refractivity contribution in [2.75, 3.05) is 7.05 Å². The van der Waals surface area contributed by atoms with Crippen LogP contribution < -0.4 is 0 Å². The van der Waals surface area contributed by atoms with E-state index in [1.165, 1.54) is 11.1 Å². The maximum absolute atomic E-state index is 3.92. The maximum atomic E-state index is 3.92. The van der Waals surface area contributed by atoms with E-state index in [4.69, 9.17) is 0 Å². The van der Waals surface area contributed by atoms with Gasteiger partial charge in [0, 0.05) is 13.3 Å². The molecule has 1 nitrogen and oxygen atoms in total. The first kappa shape index (κ1) is 10.2. The SMILES string of the molecule is CC/C(C)=C/C=C(/C)C=NC. The van der Waals surface area contributed by atoms with E-state index in [9.17, 15) is 0 Å². The average molecular weight is 151 g/mol. The lowest BCUT2D eigenvalue weighted by molar-refractivity contribution is 1.10. The highest BCUT2D eigenvalue weighted by Gasteiger charge is 1.81. The zero-order valence-electron chi connectivity index (χ0n) is 7.89. The van der Waals surface area contributed by atoms with E-state index >= 15 is 0 Å². The van der Waals surface area contributed by atoms with E-state index in [-0.39, 0.29) is 0 Å². The molecule has 11 heavy (non-hydrogen) atoms. The van der Waals surface area contributed by atoms with E-state index in [1.807, 2.05) is 13.1 Å². The second kappa shape index (κ2) is 5.90. The van der Waals surface area contributed by atoms with Gasteiger partial charge in [-0.2, -0.15) is 0 Å². The van der Waals surface area contributed by atoms with Crippen molar-refractivity contribution in [1.29, 1.82) is 0 Å². The number of rotatable bonds is 3. The van der Waals surface area contributed by atoms with Gasteiger partial charge in [-0.3, -0.25) is 4.99 Å². The van der Waals surface area contributed by atoms with Gasteiger partial charge >= 0.3 is 0 Å². The van der Waals surface area contributed by atoms with Crippen LogP contribution in [0.15, 0.2) is 28.3 Å². The molecule has 0 saturated carbocycles. The number of hydrogen-bond donors (Lipinski definition) is 0. The van der Waals surface area contributed by atoms with Crippen molar-refractivity contribution in [2.45, 2.75) is 27.2 Å². The Morgan fingerprint density at radius 1 is 1.27 bits per heavy atom. The smallest absolute Gasteiger partial charge is 0.0277 e. The van der Waals surface area contributed by atoms with Gasteiger partial charge in [0.25, 0.3) is 0 Å². The van der Waals surface area contributed by atoms with Crippen LogP contribution in [0.2, 0.25) is 0 Å². The molecule has 0 aromatic carbocycles. The molecule has 0 rings (SSSR count). The Morgan fingerprint density at radius 2 is 1.91 bits per heavy atom. The van der Waals surface area contributed by atoms with Crippen molar-refractivity contribution in [1.82, 2.24) is 0 Å². The molecule has 0 spiro atoms. The summed E-state index contributed by atoms with van der Waals surface area (Å²) >= 11 is 0. The van der Waals surface area contributed by atoms with Crippen molar-refractivity contribution in [3.8, 4) is 0 Å². The molecule has 0 fully saturated rings. The molecular formula is C10H17N. The van der Waals surface area contributed by atoms with Crippen LogP contribution in [0.5, 0.6) is 0 Å². The first-order chi connectivity index (χ1) is 5.20. The summed E-state index contributed by atoms with van der Waals surface area (Å²) in [5.41, 5.74) is 2.59. The molecule has 0 aromatic rings. The Labute approximate surface area is 69.5 Å². The van der Waals surface area contributed by atoms with Crippen molar-refractivity contribution < 1.29 is 0 Å². The molecule has 0 aliphatic rings. The van der Waals surface area contributed by atoms with Crippen molar-refractivity contribution in [3.63, 3.8) is 0 Å². The summed E-state index contributed by atoms with van der Waals surface area (Å²) in [4.78, 5) is 3.92. The molecule has 0 unspecified atom stereocenters. The fourth-order valence-corrected chi connectivity index (χ4v) is 0.638. The predicted octanol–water partition coefficient (Wildman–Crippen LogP) is 2.99. The Morgan fingerprint density at radius 3 is 2.36 bits per heavy atom. The number of allylic oxidation sites excluding steroid dienone is 4. The largest absolute Gasteiger partial charge is 0.296 e. The van der Waals surface area contributed by atoms with Gasteiger partial charge in [-0.25, -0.2) is 0 Å². The molecule has 62 valence electrons. The fraction of sp³-hybridized carbons (Fsp3) is 0.500. The number of nitrogens with zero attached hydrogens (tertiary/aromatic N) is 1. The highest BCUT2D eigenvalue weighted by Crippen LogP contribution is 1.99. The third kappa shape index (κ3) is 5.59. The van der Waals surface area contributed by atoms with Gasteiger partial charge in [-0.1, -0.05) is 24.6 Å². The summed E-state index contributed by atoms with van der Waals surface area (Å²) in [5.74, 6) is 0. The van der Waals surface area contributed by atoms with Gasteiger partial charge in [-0.15, -0.1) is 0 Å². The minimum Gasteiger partial charge on any atom is -0.296 e. The third-order valence-corrected chi connectivity index (χ3v) is 1.52. The molecule has 0 aliphatic heterocycles. The van der Waals surface area contributed by atoms with Gasteiger partial charge < -0.3 is 0 Å². The van der Waals surface area contributed by atoms with E-state index < -0.39 is 0 Å². The number of aliphatic imine (C=N–C) groups is 1. The summed E-state index contributed by atoms with van der Waals surface area (Å²) in [6.45, 7) is 6.34. The van der Waals surface area contributed by atoms with Crippen molar-refractivity contribution >= 4 is 6.21 Å². The lowest BCUT2D eigenvalue weighted by Crippen LogP contribution is -1.76. The van der Waals surface area contributed by atoms with Gasteiger partial charge in [0.2, 0.25) is 0 Å². The third-order valence-electron chi connectivity index (χ3n) is 1.52. The van der Waals surface area contributed by atoms with Gasteiger partial charge in [-0.05, 0) is 25.8 Å². The maximum Gasteiger partial charge on any atom is 0.0277 e. The molecule has 0 N–H and O–H groups in total. The standard InChI is InChI=1S/C10H17N/c1-5-9(2)6-7-10(3)8-11-4/h6-8H,5H2,1-4H3/b9-6+,10-7-,11-8?. The monoisotopic (exact) mass is 151 g/mol. The molecule has 0 heterocycles. The summed E-state index contributed by atoms with van der Waals surface area (Å²) in [6, 6.07) is 0. The fourth-order valence-electron chi connectivity index (χ4n) is 0.638. The van der Waals surface area contributed by atoms with Crippen LogP contribution in [-0.2, 0) is 0 Å². The van der Waals surface area contributed by atoms with Crippen molar-refractivity contribution in [2.24, 2.45) is 4.99 Å². The Bertz CT molecular complexity index is 185. The predicted molar refractivity (Wildman–Crippen MR) is 52.2 cm³/mol. The van der Waals surface area contributed by atoms with E-state index in [1.54, 1.807) is 7.05 Å². The molecule has 1 heteroatoms. The quantitative estimate of drug-likeness (QED) is 0.434. The molecule has 0 radical (unpaired) electrons. The molecule has 0 bridgehead atoms. The van der Waals surface area contributed by atoms with Crippen molar-refractivity contribution in [3.05, 3.63) is 23.3 Å². The first-order valence-electron chi connectivity index (χ1n) is 3.97. The summed E-state index contributed by atoms with van der Waals surface area (Å²) in [5, 5.41) is 0. The molecule has 0 atom stereocenters. The minimum atomic E-state index is 1.12. The van der Waals surface area contributed by atoms with Crippen LogP contribution in [0, 0.1) is 0 Å². The van der Waals surface area contributed by atoms with Crippen LogP contribution in [0.25, 0.3) is 0 Å².